The van der Waals surface area contributed by atoms with Gasteiger partial charge in [0.1, 0.15) is 17.1 Å². The van der Waals surface area contributed by atoms with Gasteiger partial charge in [-0.2, -0.15) is 0 Å². The second-order valence-corrected chi connectivity index (χ2v) is 4.20. The fourth-order valence-electron chi connectivity index (χ4n) is 1.41. The van der Waals surface area contributed by atoms with E-state index in [1.54, 1.807) is 12.1 Å². The van der Waals surface area contributed by atoms with Crippen LogP contribution in [0.1, 0.15) is 16.1 Å². The number of carbonyl (C=O) groups is 1. The minimum atomic E-state index is -1.36. The van der Waals surface area contributed by atoms with E-state index in [4.69, 9.17) is 17.3 Å². The van der Waals surface area contributed by atoms with Crippen LogP contribution in [0.5, 0.6) is 0 Å². The second-order valence-electron chi connectivity index (χ2n) is 3.79. The summed E-state index contributed by atoms with van der Waals surface area (Å²) in [5, 5.41) is 2.88. The molecule has 1 heterocycles. The largest absolute Gasteiger partial charge is 0.379 e. The second kappa shape index (κ2) is 6.27. The molecule has 8 heteroatoms. The molecule has 0 aliphatic heterocycles. The summed E-state index contributed by atoms with van der Waals surface area (Å²) in [6.07, 6.45) is 1.45. The average Bonchev–Trinajstić information content (AvgIpc) is 2.50. The number of hydrogen-bond donors (Lipinski definition) is 1. The van der Waals surface area contributed by atoms with Gasteiger partial charge in [0.15, 0.2) is 11.7 Å². The molecule has 1 aromatic heterocycles. The van der Waals surface area contributed by atoms with Crippen molar-refractivity contribution >= 4 is 23.4 Å². The molecule has 2 rings (SSSR count). The van der Waals surface area contributed by atoms with Crippen molar-refractivity contribution in [3.8, 4) is 0 Å². The number of rotatable bonds is 3. The zero-order valence-electron chi connectivity index (χ0n) is 10.4. The van der Waals surface area contributed by atoms with Crippen molar-refractivity contribution in [3.05, 3.63) is 64.4 Å². The molecule has 5 nitrogen and oxygen atoms in total. The van der Waals surface area contributed by atoms with Crippen molar-refractivity contribution in [2.75, 3.05) is 0 Å². The van der Waals surface area contributed by atoms with Gasteiger partial charge in [-0.3, -0.25) is 4.98 Å². The lowest BCUT2D eigenvalue weighted by atomic mass is 10.2. The maximum atomic E-state index is 13.6. The topological polar surface area (TPSA) is 77.6 Å². The molecule has 0 aliphatic rings. The summed E-state index contributed by atoms with van der Waals surface area (Å²) in [6, 6.07) is 6.64. The number of nitrogens with zero attached hydrogens (tertiary/aromatic N) is 2. The van der Waals surface area contributed by atoms with Crippen LogP contribution in [0, 0.1) is 11.6 Å². The van der Waals surface area contributed by atoms with Crippen molar-refractivity contribution in [2.45, 2.75) is 0 Å². The quantitative estimate of drug-likeness (QED) is 0.310. The van der Waals surface area contributed by atoms with Crippen molar-refractivity contribution in [2.24, 2.45) is 10.9 Å². The Kier molecular flexibility index (Phi) is 4.44. The number of amidine groups is 1. The highest BCUT2D eigenvalue weighted by Crippen LogP contribution is 2.21. The van der Waals surface area contributed by atoms with Crippen LogP contribution in [0.15, 0.2) is 41.7 Å². The molecule has 0 spiro atoms. The Labute approximate surface area is 123 Å². The zero-order valence-corrected chi connectivity index (χ0v) is 11.1. The molecular weight excluding hydrogens is 304 g/mol. The number of halogens is 3. The van der Waals surface area contributed by atoms with E-state index in [-0.39, 0.29) is 11.5 Å². The van der Waals surface area contributed by atoms with Crippen LogP contribution < -0.4 is 5.73 Å². The van der Waals surface area contributed by atoms with Crippen LogP contribution >= 0.6 is 11.6 Å². The van der Waals surface area contributed by atoms with E-state index in [1.807, 2.05) is 0 Å². The van der Waals surface area contributed by atoms with Crippen LogP contribution in [-0.2, 0) is 4.84 Å². The lowest BCUT2D eigenvalue weighted by Crippen LogP contribution is -2.17. The predicted octanol–water partition coefficient (Wildman–Crippen LogP) is 2.49. The highest BCUT2D eigenvalue weighted by atomic mass is 35.5. The van der Waals surface area contributed by atoms with E-state index in [0.29, 0.717) is 0 Å². The van der Waals surface area contributed by atoms with Gasteiger partial charge >= 0.3 is 5.97 Å². The number of nitrogens with two attached hydrogens (primary N) is 1. The molecule has 0 bridgehead atoms. The van der Waals surface area contributed by atoms with E-state index < -0.39 is 28.2 Å². The lowest BCUT2D eigenvalue weighted by molar-refractivity contribution is 0.0505. The van der Waals surface area contributed by atoms with Gasteiger partial charge in [0.2, 0.25) is 0 Å². The summed E-state index contributed by atoms with van der Waals surface area (Å²) in [7, 11) is 0. The summed E-state index contributed by atoms with van der Waals surface area (Å²) in [4.78, 5) is 19.9. The summed E-state index contributed by atoms with van der Waals surface area (Å²) in [6.45, 7) is 0. The van der Waals surface area contributed by atoms with Crippen molar-refractivity contribution < 1.29 is 18.4 Å². The summed E-state index contributed by atoms with van der Waals surface area (Å²) < 4.78 is 27.0. The minimum absolute atomic E-state index is 0.216. The Bertz CT molecular complexity index is 708. The Morgan fingerprint density at radius 1 is 1.29 bits per heavy atom. The average molecular weight is 312 g/mol. The Balaban J connectivity index is 2.22. The van der Waals surface area contributed by atoms with E-state index in [0.717, 1.165) is 12.1 Å². The Morgan fingerprint density at radius 3 is 2.71 bits per heavy atom. The van der Waals surface area contributed by atoms with Gasteiger partial charge in [-0.05, 0) is 24.3 Å². The molecular formula is C13H8ClF2N3O2. The molecule has 108 valence electrons. The standard InChI is InChI=1S/C13H8ClF2N3O2/c14-7-4-5-8(15)10(11(7)16)13(20)21-19-12(17)9-3-1-2-6-18-9/h1-6H,(H2,17,19). The van der Waals surface area contributed by atoms with E-state index in [1.165, 1.54) is 12.3 Å². The van der Waals surface area contributed by atoms with E-state index in [9.17, 15) is 13.6 Å². The molecule has 0 radical (unpaired) electrons. The zero-order chi connectivity index (χ0) is 15.4. The molecule has 2 aromatic rings. The maximum absolute atomic E-state index is 13.6. The highest BCUT2D eigenvalue weighted by Gasteiger charge is 2.22. The third-order valence-electron chi connectivity index (χ3n) is 2.40. The number of oxime groups is 1. The van der Waals surface area contributed by atoms with E-state index in [2.05, 4.69) is 15.0 Å². The smallest absolute Gasteiger partial charge is 0.371 e. The maximum Gasteiger partial charge on any atom is 0.371 e. The summed E-state index contributed by atoms with van der Waals surface area (Å²) in [5.74, 6) is -3.92. The monoisotopic (exact) mass is 311 g/mol. The van der Waals surface area contributed by atoms with Crippen LogP contribution in [0.3, 0.4) is 0 Å². The van der Waals surface area contributed by atoms with Crippen molar-refractivity contribution in [1.29, 1.82) is 0 Å². The first-order valence-corrected chi connectivity index (χ1v) is 5.98. The van der Waals surface area contributed by atoms with Gasteiger partial charge in [0, 0.05) is 6.20 Å². The first-order chi connectivity index (χ1) is 10.0. The van der Waals surface area contributed by atoms with Gasteiger partial charge in [-0.1, -0.05) is 22.8 Å². The first-order valence-electron chi connectivity index (χ1n) is 5.60. The molecule has 0 saturated carbocycles. The molecule has 0 aliphatic carbocycles. The third kappa shape index (κ3) is 3.32. The summed E-state index contributed by atoms with van der Waals surface area (Å²) in [5.41, 5.74) is 4.83. The minimum Gasteiger partial charge on any atom is -0.379 e. The molecule has 0 saturated heterocycles. The van der Waals surface area contributed by atoms with Crippen molar-refractivity contribution in [1.82, 2.24) is 4.98 Å². The van der Waals surface area contributed by atoms with Crippen LogP contribution in [0.4, 0.5) is 8.78 Å². The Morgan fingerprint density at radius 2 is 2.05 bits per heavy atom. The highest BCUT2D eigenvalue weighted by molar-refractivity contribution is 6.31. The van der Waals surface area contributed by atoms with Crippen LogP contribution in [-0.4, -0.2) is 16.8 Å². The SMILES string of the molecule is N/C(=N\OC(=O)c1c(F)ccc(Cl)c1F)c1ccccn1. The van der Waals surface area contributed by atoms with Gasteiger partial charge in [-0.25, -0.2) is 13.6 Å². The number of aromatic nitrogens is 1. The molecule has 0 fully saturated rings. The molecule has 0 amide bonds. The van der Waals surface area contributed by atoms with Crippen LogP contribution in [0.25, 0.3) is 0 Å². The fourth-order valence-corrected chi connectivity index (χ4v) is 1.57. The Hall–Kier alpha value is -2.54. The summed E-state index contributed by atoms with van der Waals surface area (Å²) >= 11 is 5.47. The number of pyridine rings is 1. The number of carbonyl (C=O) groups excluding carboxylic acids is 1. The first kappa shape index (κ1) is 14.9. The molecule has 0 unspecified atom stereocenters. The fraction of sp³-hybridized carbons (Fsp3) is 0. The van der Waals surface area contributed by atoms with Gasteiger partial charge < -0.3 is 10.6 Å². The molecule has 2 N–H and O–H groups in total. The molecule has 0 atom stereocenters. The lowest BCUT2D eigenvalue weighted by Gasteiger charge is -2.04. The van der Waals surface area contributed by atoms with Crippen LogP contribution in [0.2, 0.25) is 5.02 Å². The number of benzene rings is 1. The number of hydrogen-bond acceptors (Lipinski definition) is 4. The van der Waals surface area contributed by atoms with Gasteiger partial charge in [-0.15, -0.1) is 0 Å². The predicted molar refractivity (Wildman–Crippen MR) is 71.7 cm³/mol. The van der Waals surface area contributed by atoms with Gasteiger partial charge in [0.05, 0.1) is 5.02 Å². The van der Waals surface area contributed by atoms with Gasteiger partial charge in [0.25, 0.3) is 0 Å². The van der Waals surface area contributed by atoms with Crippen molar-refractivity contribution in [3.63, 3.8) is 0 Å². The third-order valence-corrected chi connectivity index (χ3v) is 2.69. The molecule has 21 heavy (non-hydrogen) atoms. The molecule has 1 aromatic carbocycles. The normalized spacial score (nSPS) is 11.3. The van der Waals surface area contributed by atoms with E-state index >= 15 is 0 Å².